The van der Waals surface area contributed by atoms with E-state index in [1.54, 1.807) is 12.1 Å². The van der Waals surface area contributed by atoms with Crippen LogP contribution in [-0.2, 0) is 25.5 Å². The normalized spacial score (nSPS) is 17.3. The Morgan fingerprint density at radius 1 is 1.13 bits per heavy atom. The summed E-state index contributed by atoms with van der Waals surface area (Å²) >= 11 is 12.5. The second-order valence-corrected chi connectivity index (χ2v) is 7.69. The molecular weight excluding hydrogens is 429 g/mol. The minimum atomic E-state index is -0.779. The fourth-order valence-electron chi connectivity index (χ4n) is 3.28. The van der Waals surface area contributed by atoms with Gasteiger partial charge in [-0.05, 0) is 17.7 Å². The van der Waals surface area contributed by atoms with E-state index in [-0.39, 0.29) is 25.4 Å². The number of esters is 1. The van der Waals surface area contributed by atoms with Crippen molar-refractivity contribution in [3.63, 3.8) is 0 Å². The van der Waals surface area contributed by atoms with Gasteiger partial charge in [-0.15, -0.1) is 0 Å². The fraction of sp³-hybridized carbons (Fsp3) is 0.286. The number of carbonyl (C=O) groups is 3. The van der Waals surface area contributed by atoms with Crippen LogP contribution in [0.3, 0.4) is 0 Å². The Kier molecular flexibility index (Phi) is 7.18. The Balaban J connectivity index is 1.79. The molecule has 9 heteroatoms. The van der Waals surface area contributed by atoms with Crippen molar-refractivity contribution in [3.05, 3.63) is 63.6 Å². The van der Waals surface area contributed by atoms with Crippen molar-refractivity contribution in [3.8, 4) is 0 Å². The van der Waals surface area contributed by atoms with Crippen molar-refractivity contribution >= 4 is 46.7 Å². The van der Waals surface area contributed by atoms with Gasteiger partial charge in [0.2, 0.25) is 5.91 Å². The second kappa shape index (κ2) is 9.82. The summed E-state index contributed by atoms with van der Waals surface area (Å²) in [6.45, 7) is -0.387. The highest BCUT2D eigenvalue weighted by molar-refractivity contribution is 6.35. The number of halogens is 2. The van der Waals surface area contributed by atoms with Gasteiger partial charge in [-0.3, -0.25) is 9.59 Å². The van der Waals surface area contributed by atoms with Crippen molar-refractivity contribution in [1.82, 2.24) is 10.6 Å². The summed E-state index contributed by atoms with van der Waals surface area (Å²) in [5.74, 6) is -1.23. The van der Waals surface area contributed by atoms with Gasteiger partial charge in [-0.2, -0.15) is 0 Å². The highest BCUT2D eigenvalue weighted by Crippen LogP contribution is 2.40. The Morgan fingerprint density at radius 2 is 1.87 bits per heavy atom. The first-order chi connectivity index (χ1) is 14.4. The molecule has 0 aliphatic carbocycles. The van der Waals surface area contributed by atoms with Gasteiger partial charge in [0.1, 0.15) is 6.04 Å². The van der Waals surface area contributed by atoms with Gasteiger partial charge in [-0.1, -0.05) is 53.5 Å². The molecule has 3 N–H and O–H groups in total. The second-order valence-electron chi connectivity index (χ2n) is 6.84. The molecule has 7 nitrogen and oxygen atoms in total. The molecule has 0 spiro atoms. The maximum Gasteiger partial charge on any atom is 0.329 e. The molecule has 0 saturated carbocycles. The van der Waals surface area contributed by atoms with Crippen LogP contribution in [0, 0.1) is 0 Å². The summed E-state index contributed by atoms with van der Waals surface area (Å²) in [5.41, 5.74) is 2.05. The smallest absolute Gasteiger partial charge is 0.329 e. The number of rotatable bonds is 6. The van der Waals surface area contributed by atoms with E-state index in [0.717, 1.165) is 5.56 Å². The molecule has 3 rings (SSSR count). The van der Waals surface area contributed by atoms with Crippen LogP contribution < -0.4 is 16.0 Å². The summed E-state index contributed by atoms with van der Waals surface area (Å²) in [4.78, 5) is 36.5. The zero-order valence-electron chi connectivity index (χ0n) is 16.2. The predicted molar refractivity (Wildman–Crippen MR) is 115 cm³/mol. The van der Waals surface area contributed by atoms with E-state index >= 15 is 0 Å². The Labute approximate surface area is 184 Å². The number of anilines is 1. The van der Waals surface area contributed by atoms with Crippen molar-refractivity contribution in [2.24, 2.45) is 0 Å². The summed E-state index contributed by atoms with van der Waals surface area (Å²) < 4.78 is 5.07. The van der Waals surface area contributed by atoms with E-state index < -0.39 is 24.0 Å². The molecule has 1 heterocycles. The van der Waals surface area contributed by atoms with Gasteiger partial charge < -0.3 is 20.7 Å². The number of ether oxygens (including phenoxy) is 1. The van der Waals surface area contributed by atoms with Gasteiger partial charge in [0.25, 0.3) is 5.91 Å². The van der Waals surface area contributed by atoms with Crippen molar-refractivity contribution in [2.45, 2.75) is 24.9 Å². The van der Waals surface area contributed by atoms with Crippen LogP contribution in [0.5, 0.6) is 0 Å². The summed E-state index contributed by atoms with van der Waals surface area (Å²) in [6.07, 6.45) is 0.401. The first-order valence-electron chi connectivity index (χ1n) is 9.33. The lowest BCUT2D eigenvalue weighted by Crippen LogP contribution is -2.43. The average molecular weight is 450 g/mol. The zero-order valence-corrected chi connectivity index (χ0v) is 17.7. The van der Waals surface area contributed by atoms with E-state index in [2.05, 4.69) is 16.0 Å². The number of amides is 2. The number of fused-ring (bicyclic) bond motifs is 1. The molecule has 0 fully saturated rings. The zero-order chi connectivity index (χ0) is 21.7. The highest BCUT2D eigenvalue weighted by atomic mass is 35.5. The molecule has 2 atom stereocenters. The van der Waals surface area contributed by atoms with Crippen LogP contribution in [0.1, 0.15) is 23.6 Å². The molecule has 0 saturated heterocycles. The molecule has 2 aromatic carbocycles. The minimum absolute atomic E-state index is 0.192. The van der Waals surface area contributed by atoms with Gasteiger partial charge in [-0.25, -0.2) is 4.79 Å². The third-order valence-electron chi connectivity index (χ3n) is 4.70. The van der Waals surface area contributed by atoms with E-state index in [1.165, 1.54) is 7.05 Å². The molecule has 0 radical (unpaired) electrons. The van der Waals surface area contributed by atoms with Gasteiger partial charge in [0, 0.05) is 34.8 Å². The predicted octanol–water partition coefficient (Wildman–Crippen LogP) is 2.87. The van der Waals surface area contributed by atoms with E-state index in [1.807, 2.05) is 30.3 Å². The van der Waals surface area contributed by atoms with Crippen LogP contribution in [0.2, 0.25) is 10.0 Å². The molecule has 0 bridgehead atoms. The quantitative estimate of drug-likeness (QED) is 0.589. The lowest BCUT2D eigenvalue weighted by Gasteiger charge is -2.33. The van der Waals surface area contributed by atoms with Crippen LogP contribution in [0.15, 0.2) is 42.5 Å². The topological polar surface area (TPSA) is 96.5 Å². The Hall–Kier alpha value is -2.77. The number of nitrogens with one attached hydrogen (secondary N) is 3. The largest absolute Gasteiger partial charge is 0.454 e. The van der Waals surface area contributed by atoms with Gasteiger partial charge in [0.05, 0.1) is 12.5 Å². The first kappa shape index (κ1) is 21.9. The molecule has 2 amide bonds. The van der Waals surface area contributed by atoms with E-state index in [9.17, 15) is 14.4 Å². The van der Waals surface area contributed by atoms with Crippen LogP contribution in [-0.4, -0.2) is 37.5 Å². The number of likely N-dealkylation sites (N-methyl/N-ethyl adjacent to an activating group) is 1. The molecule has 30 heavy (non-hydrogen) atoms. The standard InChI is InChI=1S/C21H21Cl2N3O4/c1-24-19(28)11-30-21(29)17-10-16(20-14(23)8-13(22)9-15(20)25-17)26-18(27)7-12-5-3-2-4-6-12/h2-6,8-9,16-17,25H,7,10-11H2,1H3,(H,24,28)(H,26,27)/t16-,17+/m1/s1. The van der Waals surface area contributed by atoms with E-state index in [0.29, 0.717) is 21.3 Å². The van der Waals surface area contributed by atoms with Gasteiger partial charge >= 0.3 is 5.97 Å². The van der Waals surface area contributed by atoms with Crippen LogP contribution >= 0.6 is 23.2 Å². The number of hydrogen-bond acceptors (Lipinski definition) is 5. The molecule has 2 aromatic rings. The number of hydrogen-bond donors (Lipinski definition) is 3. The summed E-state index contributed by atoms with van der Waals surface area (Å²) in [5, 5.41) is 9.15. The molecule has 0 aromatic heterocycles. The van der Waals surface area contributed by atoms with Crippen molar-refractivity contribution < 1.29 is 19.1 Å². The van der Waals surface area contributed by atoms with Crippen LogP contribution in [0.4, 0.5) is 5.69 Å². The maximum atomic E-state index is 12.6. The van der Waals surface area contributed by atoms with Crippen molar-refractivity contribution in [2.75, 3.05) is 19.0 Å². The fourth-order valence-corrected chi connectivity index (χ4v) is 3.91. The summed E-state index contributed by atoms with van der Waals surface area (Å²) in [7, 11) is 1.45. The lowest BCUT2D eigenvalue weighted by molar-refractivity contribution is -0.149. The van der Waals surface area contributed by atoms with Crippen molar-refractivity contribution in [1.29, 1.82) is 0 Å². The molecule has 1 aliphatic heterocycles. The first-order valence-corrected chi connectivity index (χ1v) is 10.1. The molecule has 1 aliphatic rings. The summed E-state index contributed by atoms with van der Waals surface area (Å²) in [6, 6.07) is 11.2. The van der Waals surface area contributed by atoms with Gasteiger partial charge in [0.15, 0.2) is 6.61 Å². The van der Waals surface area contributed by atoms with Crippen LogP contribution in [0.25, 0.3) is 0 Å². The Morgan fingerprint density at radius 3 is 2.57 bits per heavy atom. The Bertz CT molecular complexity index is 953. The minimum Gasteiger partial charge on any atom is -0.454 e. The third kappa shape index (κ3) is 5.43. The number of benzene rings is 2. The SMILES string of the molecule is CNC(=O)COC(=O)[C@@H]1C[C@@H](NC(=O)Cc2ccccc2)c2c(Cl)cc(Cl)cc2N1. The lowest BCUT2D eigenvalue weighted by atomic mass is 9.92. The number of carbonyl (C=O) groups excluding carboxylic acids is 3. The third-order valence-corrected chi connectivity index (χ3v) is 5.23. The maximum absolute atomic E-state index is 12.6. The van der Waals surface area contributed by atoms with E-state index in [4.69, 9.17) is 27.9 Å². The average Bonchev–Trinajstić information content (AvgIpc) is 2.71. The molecular formula is C21H21Cl2N3O4. The molecule has 0 unspecified atom stereocenters. The molecule has 158 valence electrons. The highest BCUT2D eigenvalue weighted by Gasteiger charge is 2.34. The monoisotopic (exact) mass is 449 g/mol.